The maximum absolute atomic E-state index is 14.0. The summed E-state index contributed by atoms with van der Waals surface area (Å²) >= 11 is 15.9. The van der Waals surface area contributed by atoms with E-state index in [1.54, 1.807) is 30.6 Å². The molecule has 210 valence electrons. The minimum Gasteiger partial charge on any atom is -0.487 e. The van der Waals surface area contributed by atoms with E-state index in [0.29, 0.717) is 48.6 Å². The first-order valence-corrected chi connectivity index (χ1v) is 15.4. The maximum Gasteiger partial charge on any atom is 0.338 e. The molecule has 6 nitrogen and oxygen atoms in total. The molecule has 0 fully saturated rings. The number of hydrogen-bond acceptors (Lipinski definition) is 6. The molecule has 0 unspecified atom stereocenters. The average molecular weight is 719 g/mol. The minimum absolute atomic E-state index is 0.215. The average Bonchev–Trinajstić information content (AvgIpc) is 3.23. The van der Waals surface area contributed by atoms with Gasteiger partial charge in [0.2, 0.25) is 0 Å². The van der Waals surface area contributed by atoms with E-state index in [2.05, 4.69) is 27.6 Å². The summed E-state index contributed by atoms with van der Waals surface area (Å²) in [5, 5.41) is 1.17. The van der Waals surface area contributed by atoms with Crippen molar-refractivity contribution in [3.63, 3.8) is 0 Å². The van der Waals surface area contributed by atoms with Gasteiger partial charge in [-0.15, -0.1) is 0 Å². The molecule has 0 saturated carbocycles. The van der Waals surface area contributed by atoms with E-state index in [4.69, 9.17) is 32.7 Å². The number of thiazole rings is 1. The standard InChI is InChI=1S/C31H25Cl2IN2O4S/c1-4-39-30(38)26-18(3)35-31-36(27(26)20-9-5-17(2)6-10-20)29(37)25(41-31)14-21-13-23(33)15-24(34)28(21)40-16-19-7-11-22(32)12-8-19/h5-15,27H,4,16H2,1-3H3/b25-14-/t27-/m0/s1. The lowest BCUT2D eigenvalue weighted by atomic mass is 9.95. The Bertz CT molecular complexity index is 1850. The van der Waals surface area contributed by atoms with Gasteiger partial charge in [-0.2, -0.15) is 0 Å². The molecule has 0 aliphatic carbocycles. The highest BCUT2D eigenvalue weighted by Gasteiger charge is 2.33. The van der Waals surface area contributed by atoms with Crippen molar-refractivity contribution in [3.05, 3.63) is 127 Å². The van der Waals surface area contributed by atoms with Crippen molar-refractivity contribution < 1.29 is 14.3 Å². The number of esters is 1. The van der Waals surface area contributed by atoms with E-state index in [9.17, 15) is 9.59 Å². The Balaban J connectivity index is 1.64. The van der Waals surface area contributed by atoms with Crippen LogP contribution in [0.5, 0.6) is 5.75 Å². The number of carbonyl (C=O) groups is 1. The molecule has 0 saturated heterocycles. The van der Waals surface area contributed by atoms with Crippen LogP contribution in [0.4, 0.5) is 0 Å². The van der Waals surface area contributed by atoms with Crippen molar-refractivity contribution in [2.75, 3.05) is 6.61 Å². The number of hydrogen-bond donors (Lipinski definition) is 0. The Hall–Kier alpha value is -2.92. The molecular weight excluding hydrogens is 694 g/mol. The van der Waals surface area contributed by atoms with Gasteiger partial charge >= 0.3 is 5.97 Å². The van der Waals surface area contributed by atoms with Crippen LogP contribution in [-0.4, -0.2) is 17.1 Å². The number of allylic oxidation sites excluding steroid dienone is 1. The van der Waals surface area contributed by atoms with Gasteiger partial charge in [-0.05, 0) is 84.8 Å². The van der Waals surface area contributed by atoms with Crippen LogP contribution in [0.15, 0.2) is 81.7 Å². The minimum atomic E-state index is -0.673. The molecule has 1 aliphatic heterocycles. The molecule has 4 aromatic rings. The van der Waals surface area contributed by atoms with Crippen LogP contribution in [0.3, 0.4) is 0 Å². The largest absolute Gasteiger partial charge is 0.487 e. The van der Waals surface area contributed by atoms with Crippen molar-refractivity contribution in [2.24, 2.45) is 4.99 Å². The molecule has 0 amide bonds. The normalized spacial score (nSPS) is 15.0. The van der Waals surface area contributed by atoms with Gasteiger partial charge in [0.05, 0.1) is 32.0 Å². The van der Waals surface area contributed by atoms with E-state index in [0.717, 1.165) is 20.3 Å². The van der Waals surface area contributed by atoms with Crippen LogP contribution in [0.1, 0.15) is 42.1 Å². The van der Waals surface area contributed by atoms with Crippen LogP contribution < -0.4 is 19.6 Å². The fourth-order valence-corrected chi connectivity index (χ4v) is 6.95. The predicted octanol–water partition coefficient (Wildman–Crippen LogP) is 6.60. The van der Waals surface area contributed by atoms with Gasteiger partial charge in [0, 0.05) is 15.6 Å². The zero-order valence-electron chi connectivity index (χ0n) is 22.4. The highest BCUT2D eigenvalue weighted by atomic mass is 127. The summed E-state index contributed by atoms with van der Waals surface area (Å²) in [6.45, 7) is 6.04. The van der Waals surface area contributed by atoms with Crippen LogP contribution in [-0.2, 0) is 16.1 Å². The first kappa shape index (κ1) is 29.6. The number of ether oxygens (including phenoxy) is 2. The maximum atomic E-state index is 14.0. The Kier molecular flexibility index (Phi) is 9.03. The molecule has 41 heavy (non-hydrogen) atoms. The number of fused-ring (bicyclic) bond motifs is 1. The van der Waals surface area contributed by atoms with Crippen molar-refractivity contribution in [3.8, 4) is 5.75 Å². The van der Waals surface area contributed by atoms with E-state index in [-0.39, 0.29) is 12.2 Å². The third-order valence-electron chi connectivity index (χ3n) is 6.53. The summed E-state index contributed by atoms with van der Waals surface area (Å²) in [5.41, 5.74) is 4.07. The van der Waals surface area contributed by atoms with Gasteiger partial charge < -0.3 is 9.47 Å². The summed E-state index contributed by atoms with van der Waals surface area (Å²) in [6, 6.07) is 18.1. The van der Waals surface area contributed by atoms with E-state index in [1.165, 1.54) is 11.3 Å². The molecule has 2 heterocycles. The van der Waals surface area contributed by atoms with Gasteiger partial charge in [-0.1, -0.05) is 76.5 Å². The summed E-state index contributed by atoms with van der Waals surface area (Å²) in [4.78, 5) is 32.3. The number of aromatic nitrogens is 1. The number of benzene rings is 3. The van der Waals surface area contributed by atoms with E-state index >= 15 is 0 Å². The van der Waals surface area contributed by atoms with Crippen LogP contribution in [0.25, 0.3) is 6.08 Å². The molecule has 1 aromatic heterocycles. The van der Waals surface area contributed by atoms with Crippen LogP contribution >= 0.6 is 57.1 Å². The van der Waals surface area contributed by atoms with Crippen LogP contribution in [0.2, 0.25) is 10.0 Å². The third kappa shape index (κ3) is 6.30. The summed E-state index contributed by atoms with van der Waals surface area (Å²) in [5.74, 6) is 0.116. The zero-order chi connectivity index (χ0) is 29.3. The molecule has 0 bridgehead atoms. The Morgan fingerprint density at radius 1 is 1.07 bits per heavy atom. The molecule has 10 heteroatoms. The highest BCUT2D eigenvalue weighted by molar-refractivity contribution is 14.1. The summed E-state index contributed by atoms with van der Waals surface area (Å²) < 4.78 is 14.4. The number of aryl methyl sites for hydroxylation is 1. The van der Waals surface area contributed by atoms with Gasteiger partial charge in [-0.3, -0.25) is 9.36 Å². The van der Waals surface area contributed by atoms with Gasteiger partial charge in [0.1, 0.15) is 12.4 Å². The second-order valence-corrected chi connectivity index (χ2v) is 12.5. The van der Waals surface area contributed by atoms with Crippen molar-refractivity contribution >= 4 is 69.2 Å². The van der Waals surface area contributed by atoms with E-state index in [1.807, 2.05) is 61.5 Å². The molecule has 5 rings (SSSR count). The predicted molar refractivity (Wildman–Crippen MR) is 172 cm³/mol. The Morgan fingerprint density at radius 3 is 2.46 bits per heavy atom. The van der Waals surface area contributed by atoms with Crippen molar-refractivity contribution in [1.82, 2.24) is 4.57 Å². The smallest absolute Gasteiger partial charge is 0.338 e. The first-order valence-electron chi connectivity index (χ1n) is 12.8. The number of nitrogens with zero attached hydrogens (tertiary/aromatic N) is 2. The van der Waals surface area contributed by atoms with Gasteiger partial charge in [0.25, 0.3) is 5.56 Å². The lowest BCUT2D eigenvalue weighted by Gasteiger charge is -2.24. The van der Waals surface area contributed by atoms with Crippen molar-refractivity contribution in [2.45, 2.75) is 33.4 Å². The lowest BCUT2D eigenvalue weighted by molar-refractivity contribution is -0.139. The fourth-order valence-electron chi connectivity index (χ4n) is 4.57. The van der Waals surface area contributed by atoms with Gasteiger partial charge in [0.15, 0.2) is 4.80 Å². The molecule has 3 aromatic carbocycles. The lowest BCUT2D eigenvalue weighted by Crippen LogP contribution is -2.39. The Morgan fingerprint density at radius 2 is 1.78 bits per heavy atom. The summed E-state index contributed by atoms with van der Waals surface area (Å²) in [7, 11) is 0. The van der Waals surface area contributed by atoms with E-state index < -0.39 is 12.0 Å². The molecule has 1 aliphatic rings. The van der Waals surface area contributed by atoms with Crippen LogP contribution in [0, 0.1) is 10.5 Å². The molecule has 0 radical (unpaired) electrons. The number of carbonyl (C=O) groups excluding carboxylic acids is 1. The summed E-state index contributed by atoms with van der Waals surface area (Å²) in [6.07, 6.45) is 1.77. The molecule has 1 atom stereocenters. The second kappa shape index (κ2) is 12.5. The molecular formula is C31H25Cl2IN2O4S. The topological polar surface area (TPSA) is 69.9 Å². The van der Waals surface area contributed by atoms with Crippen molar-refractivity contribution in [1.29, 1.82) is 0 Å². The number of halogens is 3. The SMILES string of the molecule is CCOC(=O)C1=C(C)N=c2s/c(=C\c3cc(Cl)cc(I)c3OCc3ccc(Cl)cc3)c(=O)n2[C@H]1c1ccc(C)cc1. The quantitative estimate of drug-likeness (QED) is 0.160. The zero-order valence-corrected chi connectivity index (χ0v) is 26.9. The molecule has 0 spiro atoms. The second-order valence-electron chi connectivity index (χ2n) is 9.43. The number of rotatable bonds is 7. The molecule has 0 N–H and O–H groups in total. The van der Waals surface area contributed by atoms with Gasteiger partial charge in [-0.25, -0.2) is 9.79 Å². The highest BCUT2D eigenvalue weighted by Crippen LogP contribution is 2.32. The fraction of sp³-hybridized carbons (Fsp3) is 0.194. The monoisotopic (exact) mass is 718 g/mol. The first-order chi connectivity index (χ1) is 19.7. The third-order valence-corrected chi connectivity index (χ3v) is 8.78. The Labute approximate surface area is 264 Å².